The topological polar surface area (TPSA) is 12.4 Å². The quantitative estimate of drug-likeness (QED) is 0.529. The second kappa shape index (κ2) is 2.98. The van der Waals surface area contributed by atoms with E-state index in [4.69, 9.17) is 11.6 Å². The molecule has 1 heterocycles. The average molecular weight is 170 g/mol. The Bertz CT molecular complexity index is 208. The van der Waals surface area contributed by atoms with Crippen molar-refractivity contribution in [2.75, 3.05) is 0 Å². The van der Waals surface area contributed by atoms with Gasteiger partial charge in [0, 0.05) is 0 Å². The Morgan fingerprint density at radius 1 is 1.36 bits per heavy atom. The number of hydrogen-bond acceptors (Lipinski definition) is 1. The van der Waals surface area contributed by atoms with E-state index in [-0.39, 0.29) is 0 Å². The largest absolute Gasteiger partial charge is 0.269 e. The van der Waals surface area contributed by atoms with Gasteiger partial charge < -0.3 is 0 Å². The van der Waals surface area contributed by atoms with Gasteiger partial charge in [0.25, 0.3) is 0 Å². The molecule has 0 aromatic rings. The Labute approximate surface area is 72.2 Å². The Morgan fingerprint density at radius 2 is 2.18 bits per heavy atom. The monoisotopic (exact) mass is 169 g/mol. The summed E-state index contributed by atoms with van der Waals surface area (Å²) in [4.78, 5) is 4.40. The van der Waals surface area contributed by atoms with Crippen LogP contribution in [0.2, 0.25) is 0 Å². The van der Waals surface area contributed by atoms with E-state index in [9.17, 15) is 0 Å². The molecule has 2 rings (SSSR count). The summed E-state index contributed by atoms with van der Waals surface area (Å²) in [6, 6.07) is 0.501. The minimum absolute atomic E-state index is 0.501. The van der Waals surface area contributed by atoms with E-state index < -0.39 is 0 Å². The van der Waals surface area contributed by atoms with Crippen LogP contribution in [0.3, 0.4) is 0 Å². The zero-order chi connectivity index (χ0) is 7.68. The molecule has 60 valence electrons. The molecule has 0 radical (unpaired) electrons. The minimum Gasteiger partial charge on any atom is -0.269 e. The summed E-state index contributed by atoms with van der Waals surface area (Å²) >= 11 is 5.80. The van der Waals surface area contributed by atoms with E-state index in [1.165, 1.54) is 25.7 Å². The third-order valence-corrected chi connectivity index (χ3v) is 2.78. The molecule has 1 saturated carbocycles. The van der Waals surface area contributed by atoms with Gasteiger partial charge in [-0.25, -0.2) is 0 Å². The van der Waals surface area contributed by atoms with Crippen molar-refractivity contribution in [1.29, 1.82) is 0 Å². The van der Waals surface area contributed by atoms with Gasteiger partial charge in [0.2, 0.25) is 0 Å². The molecular formula is C9H12ClN. The van der Waals surface area contributed by atoms with Crippen molar-refractivity contribution >= 4 is 16.8 Å². The lowest BCUT2D eigenvalue weighted by Crippen LogP contribution is -2.24. The fraction of sp³-hybridized carbons (Fsp3) is 0.667. The van der Waals surface area contributed by atoms with Crippen molar-refractivity contribution in [2.45, 2.75) is 31.7 Å². The van der Waals surface area contributed by atoms with E-state index in [1.54, 1.807) is 0 Å². The third-order valence-electron chi connectivity index (χ3n) is 2.55. The van der Waals surface area contributed by atoms with Crippen LogP contribution in [0, 0.1) is 5.92 Å². The molecule has 2 heteroatoms. The van der Waals surface area contributed by atoms with Gasteiger partial charge in [0.1, 0.15) is 5.17 Å². The molecule has 1 aliphatic heterocycles. The maximum atomic E-state index is 5.80. The lowest BCUT2D eigenvalue weighted by Gasteiger charge is -2.28. The highest BCUT2D eigenvalue weighted by Gasteiger charge is 2.24. The highest BCUT2D eigenvalue weighted by atomic mass is 35.5. The number of halogens is 1. The summed E-state index contributed by atoms with van der Waals surface area (Å²) in [5.74, 6) is 0.686. The molecule has 0 aromatic heterocycles. The fourth-order valence-corrected chi connectivity index (χ4v) is 2.13. The number of allylic oxidation sites excluding steroid dienone is 1. The van der Waals surface area contributed by atoms with Gasteiger partial charge >= 0.3 is 0 Å². The first-order chi connectivity index (χ1) is 5.36. The first kappa shape index (κ1) is 7.35. The van der Waals surface area contributed by atoms with Crippen LogP contribution in [0.15, 0.2) is 17.1 Å². The zero-order valence-electron chi connectivity index (χ0n) is 6.46. The number of hydrogen-bond donors (Lipinski definition) is 0. The summed E-state index contributed by atoms with van der Waals surface area (Å²) in [6.07, 6.45) is 9.37. The van der Waals surface area contributed by atoms with Gasteiger partial charge in [0.05, 0.1) is 6.04 Å². The van der Waals surface area contributed by atoms with Gasteiger partial charge in [-0.15, -0.1) is 0 Å². The predicted molar refractivity (Wildman–Crippen MR) is 48.2 cm³/mol. The van der Waals surface area contributed by atoms with Gasteiger partial charge in [-0.3, -0.25) is 4.99 Å². The van der Waals surface area contributed by atoms with E-state index in [0.717, 1.165) is 0 Å². The molecular weight excluding hydrogens is 158 g/mol. The molecule has 1 fully saturated rings. The van der Waals surface area contributed by atoms with Crippen molar-refractivity contribution in [3.05, 3.63) is 12.2 Å². The number of fused-ring (bicyclic) bond motifs is 1. The molecule has 0 bridgehead atoms. The van der Waals surface area contributed by atoms with E-state index >= 15 is 0 Å². The minimum atomic E-state index is 0.501. The fourth-order valence-electron chi connectivity index (χ4n) is 1.93. The third kappa shape index (κ3) is 1.48. The summed E-state index contributed by atoms with van der Waals surface area (Å²) in [5.41, 5.74) is 0. The number of dihydropyridines is 1. The normalized spacial score (nSPS) is 36.3. The highest BCUT2D eigenvalue weighted by Crippen LogP contribution is 2.30. The molecule has 0 unspecified atom stereocenters. The van der Waals surface area contributed by atoms with Crippen molar-refractivity contribution < 1.29 is 0 Å². The summed E-state index contributed by atoms with van der Waals surface area (Å²) in [7, 11) is 0. The van der Waals surface area contributed by atoms with Gasteiger partial charge in [0.15, 0.2) is 0 Å². The molecule has 11 heavy (non-hydrogen) atoms. The van der Waals surface area contributed by atoms with E-state index in [0.29, 0.717) is 17.1 Å². The van der Waals surface area contributed by atoms with Crippen LogP contribution < -0.4 is 0 Å². The number of rotatable bonds is 0. The maximum absolute atomic E-state index is 5.80. The summed E-state index contributed by atoms with van der Waals surface area (Å²) < 4.78 is 0. The lowest BCUT2D eigenvalue weighted by molar-refractivity contribution is 0.362. The lowest BCUT2D eigenvalue weighted by atomic mass is 9.84. The summed E-state index contributed by atoms with van der Waals surface area (Å²) in [5, 5.41) is 0.688. The molecule has 2 atom stereocenters. The Morgan fingerprint density at radius 3 is 3.09 bits per heavy atom. The van der Waals surface area contributed by atoms with Crippen molar-refractivity contribution in [3.63, 3.8) is 0 Å². The van der Waals surface area contributed by atoms with Crippen LogP contribution >= 0.6 is 11.6 Å². The van der Waals surface area contributed by atoms with Crippen LogP contribution in [0.25, 0.3) is 0 Å². The Hall–Kier alpha value is -0.300. The second-order valence-electron chi connectivity index (χ2n) is 3.33. The van der Waals surface area contributed by atoms with E-state index in [2.05, 4.69) is 11.1 Å². The SMILES string of the molecule is ClC1=N[C@@H]2CCCC[C@@H]2C=C1. The standard InChI is InChI=1S/C9H12ClN/c10-9-6-5-7-3-1-2-4-8(7)11-9/h5-8H,1-4H2/t7-,8-/m1/s1. The average Bonchev–Trinajstić information content (AvgIpc) is 2.04. The predicted octanol–water partition coefficient (Wildman–Crippen LogP) is 2.75. The van der Waals surface area contributed by atoms with Crippen molar-refractivity contribution in [2.24, 2.45) is 10.9 Å². The zero-order valence-corrected chi connectivity index (χ0v) is 7.22. The number of nitrogens with zero attached hydrogens (tertiary/aromatic N) is 1. The molecule has 0 spiro atoms. The molecule has 0 aromatic carbocycles. The Kier molecular flexibility index (Phi) is 1.99. The summed E-state index contributed by atoms with van der Waals surface area (Å²) in [6.45, 7) is 0. The molecule has 0 N–H and O–H groups in total. The van der Waals surface area contributed by atoms with Crippen molar-refractivity contribution in [1.82, 2.24) is 0 Å². The van der Waals surface area contributed by atoms with Crippen LogP contribution in [0.5, 0.6) is 0 Å². The van der Waals surface area contributed by atoms with Crippen LogP contribution in [-0.4, -0.2) is 11.2 Å². The van der Waals surface area contributed by atoms with Crippen molar-refractivity contribution in [3.8, 4) is 0 Å². The first-order valence-corrected chi connectivity index (χ1v) is 4.65. The Balaban J connectivity index is 2.13. The molecule has 0 saturated heterocycles. The number of aliphatic imine (C=N–C) groups is 1. The highest BCUT2D eigenvalue weighted by molar-refractivity contribution is 6.68. The van der Waals surface area contributed by atoms with Crippen LogP contribution in [0.4, 0.5) is 0 Å². The maximum Gasteiger partial charge on any atom is 0.123 e. The molecule has 2 aliphatic rings. The van der Waals surface area contributed by atoms with Gasteiger partial charge in [-0.2, -0.15) is 0 Å². The van der Waals surface area contributed by atoms with E-state index in [1.807, 2.05) is 6.08 Å². The molecule has 1 nitrogen and oxygen atoms in total. The smallest absolute Gasteiger partial charge is 0.123 e. The van der Waals surface area contributed by atoms with Gasteiger partial charge in [-0.1, -0.05) is 30.5 Å². The second-order valence-corrected chi connectivity index (χ2v) is 3.71. The van der Waals surface area contributed by atoms with Gasteiger partial charge in [-0.05, 0) is 24.8 Å². The molecule has 1 aliphatic carbocycles. The van der Waals surface area contributed by atoms with Crippen LogP contribution in [-0.2, 0) is 0 Å². The first-order valence-electron chi connectivity index (χ1n) is 4.28. The van der Waals surface area contributed by atoms with Crippen LogP contribution in [0.1, 0.15) is 25.7 Å². The molecule has 0 amide bonds.